The summed E-state index contributed by atoms with van der Waals surface area (Å²) in [5.41, 5.74) is 0. The number of carboxylic acid groups (broad SMARTS) is 1. The first-order chi connectivity index (χ1) is 7.41. The summed E-state index contributed by atoms with van der Waals surface area (Å²) >= 11 is 0. The molecular weight excluding hydrogens is 212 g/mol. The van der Waals surface area contributed by atoms with E-state index in [2.05, 4.69) is 5.32 Å². The number of aliphatic carboxylic acids is 1. The van der Waals surface area contributed by atoms with Crippen molar-refractivity contribution in [2.45, 2.75) is 25.8 Å². The van der Waals surface area contributed by atoms with Crippen molar-refractivity contribution in [3.63, 3.8) is 0 Å². The Morgan fingerprint density at radius 3 is 2.69 bits per heavy atom. The van der Waals surface area contributed by atoms with Gasteiger partial charge in [-0.25, -0.2) is 0 Å². The third kappa shape index (κ3) is 2.95. The molecule has 0 aromatic heterocycles. The smallest absolute Gasteiger partial charge is 0.315 e. The van der Waals surface area contributed by atoms with E-state index in [1.54, 1.807) is 11.9 Å². The number of amides is 2. The minimum atomic E-state index is -1.14. The molecule has 1 rings (SSSR count). The number of carbonyl (C=O) groups excluding carboxylic acids is 2. The van der Waals surface area contributed by atoms with Crippen molar-refractivity contribution in [3.05, 3.63) is 0 Å². The highest BCUT2D eigenvalue weighted by Gasteiger charge is 2.27. The van der Waals surface area contributed by atoms with Gasteiger partial charge < -0.3 is 15.3 Å². The van der Waals surface area contributed by atoms with Crippen molar-refractivity contribution < 1.29 is 19.5 Å². The van der Waals surface area contributed by atoms with Crippen molar-refractivity contribution in [3.8, 4) is 0 Å². The van der Waals surface area contributed by atoms with Gasteiger partial charge in [-0.15, -0.1) is 0 Å². The van der Waals surface area contributed by atoms with Crippen LogP contribution in [0.25, 0.3) is 0 Å². The SMILES string of the molecule is CC(C(=O)O)C(=O)NC1CCC(=O)N(C)C1. The summed E-state index contributed by atoms with van der Waals surface area (Å²) in [5, 5.41) is 11.3. The van der Waals surface area contributed by atoms with E-state index in [9.17, 15) is 14.4 Å². The molecule has 0 spiro atoms. The zero-order chi connectivity index (χ0) is 12.3. The average Bonchev–Trinajstić information content (AvgIpc) is 2.22. The van der Waals surface area contributed by atoms with Gasteiger partial charge in [0.05, 0.1) is 0 Å². The summed E-state index contributed by atoms with van der Waals surface area (Å²) in [6.45, 7) is 1.78. The van der Waals surface area contributed by atoms with Crippen LogP contribution in [-0.2, 0) is 14.4 Å². The Labute approximate surface area is 93.6 Å². The van der Waals surface area contributed by atoms with E-state index in [4.69, 9.17) is 5.11 Å². The van der Waals surface area contributed by atoms with Crippen LogP contribution in [0.5, 0.6) is 0 Å². The van der Waals surface area contributed by atoms with Crippen molar-refractivity contribution in [2.24, 2.45) is 5.92 Å². The fourth-order valence-electron chi connectivity index (χ4n) is 1.57. The van der Waals surface area contributed by atoms with Gasteiger partial charge in [0.1, 0.15) is 5.92 Å². The molecule has 0 aliphatic carbocycles. The lowest BCUT2D eigenvalue weighted by Gasteiger charge is -2.30. The summed E-state index contributed by atoms with van der Waals surface area (Å²) in [7, 11) is 1.67. The highest BCUT2D eigenvalue weighted by Crippen LogP contribution is 2.10. The molecule has 2 unspecified atom stereocenters. The van der Waals surface area contributed by atoms with Crippen molar-refractivity contribution >= 4 is 17.8 Å². The summed E-state index contributed by atoms with van der Waals surface area (Å²) in [5.74, 6) is -2.64. The molecule has 1 saturated heterocycles. The lowest BCUT2D eigenvalue weighted by atomic mass is 10.0. The van der Waals surface area contributed by atoms with Crippen molar-refractivity contribution in [2.75, 3.05) is 13.6 Å². The van der Waals surface area contributed by atoms with E-state index in [1.807, 2.05) is 0 Å². The normalized spacial score (nSPS) is 22.8. The first kappa shape index (κ1) is 12.5. The summed E-state index contributed by atoms with van der Waals surface area (Å²) < 4.78 is 0. The number of carboxylic acids is 1. The molecule has 16 heavy (non-hydrogen) atoms. The average molecular weight is 228 g/mol. The number of likely N-dealkylation sites (N-methyl/N-ethyl adjacent to an activating group) is 1. The first-order valence-electron chi connectivity index (χ1n) is 5.19. The first-order valence-corrected chi connectivity index (χ1v) is 5.19. The van der Waals surface area contributed by atoms with Crippen molar-refractivity contribution in [1.29, 1.82) is 0 Å². The van der Waals surface area contributed by atoms with Gasteiger partial charge in [0.2, 0.25) is 11.8 Å². The second-order valence-corrected chi connectivity index (χ2v) is 4.08. The van der Waals surface area contributed by atoms with Crippen molar-refractivity contribution in [1.82, 2.24) is 10.2 Å². The Morgan fingerprint density at radius 1 is 1.56 bits per heavy atom. The van der Waals surface area contributed by atoms with E-state index in [0.29, 0.717) is 19.4 Å². The van der Waals surface area contributed by atoms with Gasteiger partial charge in [0, 0.05) is 26.1 Å². The number of nitrogens with zero attached hydrogens (tertiary/aromatic N) is 1. The summed E-state index contributed by atoms with van der Waals surface area (Å²) in [4.78, 5) is 34.7. The molecular formula is C10H16N2O4. The van der Waals surface area contributed by atoms with Crippen LogP contribution in [0.3, 0.4) is 0 Å². The molecule has 1 fully saturated rings. The number of rotatable bonds is 3. The quantitative estimate of drug-likeness (QED) is 0.634. The zero-order valence-electron chi connectivity index (χ0n) is 9.40. The number of hydrogen-bond acceptors (Lipinski definition) is 3. The molecule has 6 nitrogen and oxygen atoms in total. The molecule has 6 heteroatoms. The third-order valence-corrected chi connectivity index (χ3v) is 2.74. The Kier molecular flexibility index (Phi) is 3.87. The molecule has 2 N–H and O–H groups in total. The molecule has 0 saturated carbocycles. The van der Waals surface area contributed by atoms with E-state index >= 15 is 0 Å². The Bertz CT molecular complexity index is 316. The molecule has 0 radical (unpaired) electrons. The van der Waals surface area contributed by atoms with E-state index in [1.165, 1.54) is 6.92 Å². The number of piperidine rings is 1. The fraction of sp³-hybridized carbons (Fsp3) is 0.700. The molecule has 0 bridgehead atoms. The highest BCUT2D eigenvalue weighted by molar-refractivity contribution is 5.96. The van der Waals surface area contributed by atoms with Gasteiger partial charge in [0.25, 0.3) is 0 Å². The standard InChI is InChI=1S/C10H16N2O4/c1-6(10(15)16)9(14)11-7-3-4-8(13)12(2)5-7/h6-7H,3-5H2,1-2H3,(H,11,14)(H,15,16). The second-order valence-electron chi connectivity index (χ2n) is 4.08. The van der Waals surface area contributed by atoms with Crippen LogP contribution in [0.4, 0.5) is 0 Å². The maximum Gasteiger partial charge on any atom is 0.315 e. The number of nitrogens with one attached hydrogen (secondary N) is 1. The third-order valence-electron chi connectivity index (χ3n) is 2.74. The fourth-order valence-corrected chi connectivity index (χ4v) is 1.57. The molecule has 1 aliphatic rings. The van der Waals surface area contributed by atoms with E-state index in [0.717, 1.165) is 0 Å². The minimum Gasteiger partial charge on any atom is -0.481 e. The predicted octanol–water partition coefficient (Wildman–Crippen LogP) is -0.556. The number of carbonyl (C=O) groups is 3. The molecule has 90 valence electrons. The van der Waals surface area contributed by atoms with Crippen LogP contribution in [0.15, 0.2) is 0 Å². The van der Waals surface area contributed by atoms with Gasteiger partial charge in [-0.2, -0.15) is 0 Å². The van der Waals surface area contributed by atoms with Gasteiger partial charge in [-0.3, -0.25) is 14.4 Å². The van der Waals surface area contributed by atoms with Crippen LogP contribution in [0.2, 0.25) is 0 Å². The molecule has 0 aromatic rings. The summed E-state index contributed by atoms with van der Waals surface area (Å²) in [6, 6.07) is -0.142. The predicted molar refractivity (Wildman–Crippen MR) is 55.6 cm³/mol. The lowest BCUT2D eigenvalue weighted by molar-refractivity contribution is -0.147. The Balaban J connectivity index is 2.46. The number of hydrogen-bond donors (Lipinski definition) is 2. The molecule has 2 atom stereocenters. The molecule has 1 heterocycles. The largest absolute Gasteiger partial charge is 0.481 e. The van der Waals surface area contributed by atoms with Crippen LogP contribution in [-0.4, -0.2) is 47.4 Å². The molecule has 2 amide bonds. The van der Waals surface area contributed by atoms with Crippen LogP contribution < -0.4 is 5.32 Å². The van der Waals surface area contributed by atoms with Gasteiger partial charge in [-0.05, 0) is 13.3 Å². The Hall–Kier alpha value is -1.59. The van der Waals surface area contributed by atoms with Crippen LogP contribution >= 0.6 is 0 Å². The minimum absolute atomic E-state index is 0.0526. The van der Waals surface area contributed by atoms with Gasteiger partial charge >= 0.3 is 5.97 Å². The van der Waals surface area contributed by atoms with E-state index in [-0.39, 0.29) is 11.9 Å². The van der Waals surface area contributed by atoms with Crippen LogP contribution in [0, 0.1) is 5.92 Å². The second kappa shape index (κ2) is 4.96. The van der Waals surface area contributed by atoms with Crippen LogP contribution in [0.1, 0.15) is 19.8 Å². The Morgan fingerprint density at radius 2 is 2.19 bits per heavy atom. The molecule has 0 aromatic carbocycles. The topological polar surface area (TPSA) is 86.7 Å². The lowest BCUT2D eigenvalue weighted by Crippen LogP contribution is -2.50. The monoisotopic (exact) mass is 228 g/mol. The maximum atomic E-state index is 11.4. The number of likely N-dealkylation sites (tertiary alicyclic amines) is 1. The van der Waals surface area contributed by atoms with Gasteiger partial charge in [0.15, 0.2) is 0 Å². The van der Waals surface area contributed by atoms with E-state index < -0.39 is 17.8 Å². The molecule has 1 aliphatic heterocycles. The highest BCUT2D eigenvalue weighted by atomic mass is 16.4. The van der Waals surface area contributed by atoms with Gasteiger partial charge in [-0.1, -0.05) is 0 Å². The maximum absolute atomic E-state index is 11.4. The zero-order valence-corrected chi connectivity index (χ0v) is 9.40. The summed E-state index contributed by atoms with van der Waals surface area (Å²) in [6.07, 6.45) is 0.962.